The molecule has 5 nitrogen and oxygen atoms in total. The fourth-order valence-corrected chi connectivity index (χ4v) is 4.11. The molecule has 2 aliphatic heterocycles. The number of carbonyl (C=O) groups excluding carboxylic acids is 2. The van der Waals surface area contributed by atoms with Crippen LogP contribution >= 0.6 is 0 Å². The van der Waals surface area contributed by atoms with E-state index in [1.54, 1.807) is 6.07 Å². The molecule has 2 aliphatic rings. The maximum Gasteiger partial charge on any atom is 0.251 e. The van der Waals surface area contributed by atoms with E-state index in [0.29, 0.717) is 12.1 Å². The van der Waals surface area contributed by atoms with Crippen molar-refractivity contribution in [2.75, 3.05) is 23.3 Å². The number of fused-ring (bicyclic) bond motifs is 3. The molecule has 0 aromatic heterocycles. The Morgan fingerprint density at radius 1 is 1.26 bits per heavy atom. The highest BCUT2D eigenvalue weighted by Gasteiger charge is 2.36. The SMILES string of the molecule is CC[C@H](CNC(=O)c1ccc2c(c1)NC(=O)[C@@H]1CCCN21)c1ccccc1. The Kier molecular flexibility index (Phi) is 4.84. The second-order valence-corrected chi connectivity index (χ2v) is 7.30. The van der Waals surface area contributed by atoms with E-state index in [9.17, 15) is 9.59 Å². The van der Waals surface area contributed by atoms with Crippen LogP contribution in [0.1, 0.15) is 48.0 Å². The molecule has 0 saturated carbocycles. The van der Waals surface area contributed by atoms with Crippen molar-refractivity contribution in [3.63, 3.8) is 0 Å². The molecule has 140 valence electrons. The van der Waals surface area contributed by atoms with Gasteiger partial charge in [-0.15, -0.1) is 0 Å². The Labute approximate surface area is 159 Å². The van der Waals surface area contributed by atoms with Gasteiger partial charge in [0.1, 0.15) is 6.04 Å². The lowest BCUT2D eigenvalue weighted by atomic mass is 9.96. The number of carbonyl (C=O) groups is 2. The summed E-state index contributed by atoms with van der Waals surface area (Å²) in [6.07, 6.45) is 2.88. The van der Waals surface area contributed by atoms with E-state index in [1.165, 1.54) is 5.56 Å². The summed E-state index contributed by atoms with van der Waals surface area (Å²) >= 11 is 0. The Balaban J connectivity index is 1.47. The van der Waals surface area contributed by atoms with Crippen LogP contribution in [0.15, 0.2) is 48.5 Å². The first-order chi connectivity index (χ1) is 13.2. The van der Waals surface area contributed by atoms with Crippen LogP contribution < -0.4 is 15.5 Å². The second kappa shape index (κ2) is 7.43. The van der Waals surface area contributed by atoms with Gasteiger partial charge in [-0.1, -0.05) is 37.3 Å². The molecule has 2 amide bonds. The van der Waals surface area contributed by atoms with E-state index >= 15 is 0 Å². The molecule has 27 heavy (non-hydrogen) atoms. The fraction of sp³-hybridized carbons (Fsp3) is 0.364. The van der Waals surface area contributed by atoms with Gasteiger partial charge in [0.2, 0.25) is 5.91 Å². The zero-order valence-electron chi connectivity index (χ0n) is 15.6. The summed E-state index contributed by atoms with van der Waals surface area (Å²) in [5.41, 5.74) is 3.57. The number of benzene rings is 2. The Bertz CT molecular complexity index is 850. The molecule has 0 aliphatic carbocycles. The van der Waals surface area contributed by atoms with Crippen molar-refractivity contribution in [1.29, 1.82) is 0 Å². The first-order valence-electron chi connectivity index (χ1n) is 9.72. The van der Waals surface area contributed by atoms with Crippen LogP contribution in [0.3, 0.4) is 0 Å². The van der Waals surface area contributed by atoms with Gasteiger partial charge in [-0.2, -0.15) is 0 Å². The van der Waals surface area contributed by atoms with Crippen molar-refractivity contribution in [1.82, 2.24) is 5.32 Å². The van der Waals surface area contributed by atoms with Gasteiger partial charge in [0.25, 0.3) is 5.91 Å². The fourth-order valence-electron chi connectivity index (χ4n) is 4.11. The Hall–Kier alpha value is -2.82. The number of anilines is 2. The highest BCUT2D eigenvalue weighted by molar-refractivity contribution is 6.06. The summed E-state index contributed by atoms with van der Waals surface area (Å²) in [4.78, 5) is 27.1. The third kappa shape index (κ3) is 3.42. The predicted molar refractivity (Wildman–Crippen MR) is 107 cm³/mol. The Morgan fingerprint density at radius 2 is 2.07 bits per heavy atom. The molecular formula is C22H25N3O2. The van der Waals surface area contributed by atoms with Gasteiger partial charge in [-0.25, -0.2) is 0 Å². The van der Waals surface area contributed by atoms with Gasteiger partial charge in [-0.3, -0.25) is 9.59 Å². The van der Waals surface area contributed by atoms with E-state index in [-0.39, 0.29) is 23.8 Å². The molecular weight excluding hydrogens is 338 g/mol. The predicted octanol–water partition coefficient (Wildman–Crippen LogP) is 3.53. The van der Waals surface area contributed by atoms with Crippen LogP contribution in [0.2, 0.25) is 0 Å². The molecule has 0 bridgehead atoms. The lowest BCUT2D eigenvalue weighted by Gasteiger charge is -2.33. The minimum atomic E-state index is -0.107. The number of rotatable bonds is 5. The van der Waals surface area contributed by atoms with Crippen molar-refractivity contribution < 1.29 is 9.59 Å². The number of hydrogen-bond acceptors (Lipinski definition) is 3. The number of hydrogen-bond donors (Lipinski definition) is 2. The average molecular weight is 363 g/mol. The summed E-state index contributed by atoms with van der Waals surface area (Å²) in [6, 6.07) is 15.8. The van der Waals surface area contributed by atoms with Crippen molar-refractivity contribution in [3.8, 4) is 0 Å². The van der Waals surface area contributed by atoms with Gasteiger partial charge >= 0.3 is 0 Å². The van der Waals surface area contributed by atoms with Crippen LogP contribution in [0.5, 0.6) is 0 Å². The third-order valence-electron chi connectivity index (χ3n) is 5.65. The van der Waals surface area contributed by atoms with E-state index in [2.05, 4.69) is 34.6 Å². The monoisotopic (exact) mass is 363 g/mol. The molecule has 5 heteroatoms. The molecule has 2 aromatic carbocycles. The number of nitrogens with one attached hydrogen (secondary N) is 2. The summed E-state index contributed by atoms with van der Waals surface area (Å²) in [6.45, 7) is 3.62. The van der Waals surface area contributed by atoms with Crippen molar-refractivity contribution in [2.24, 2.45) is 0 Å². The zero-order valence-corrected chi connectivity index (χ0v) is 15.6. The first kappa shape index (κ1) is 17.6. The van der Waals surface area contributed by atoms with Crippen LogP contribution in [0.4, 0.5) is 11.4 Å². The molecule has 2 N–H and O–H groups in total. The van der Waals surface area contributed by atoms with Crippen LogP contribution in [0.25, 0.3) is 0 Å². The highest BCUT2D eigenvalue weighted by atomic mass is 16.2. The molecule has 2 aromatic rings. The molecule has 1 fully saturated rings. The summed E-state index contributed by atoms with van der Waals surface area (Å²) in [5, 5.41) is 6.02. The smallest absolute Gasteiger partial charge is 0.251 e. The minimum absolute atomic E-state index is 0.0349. The molecule has 0 unspecified atom stereocenters. The summed E-state index contributed by atoms with van der Waals surface area (Å²) < 4.78 is 0. The van der Waals surface area contributed by atoms with Gasteiger partial charge in [-0.05, 0) is 43.0 Å². The van der Waals surface area contributed by atoms with E-state index in [0.717, 1.165) is 37.2 Å². The molecule has 4 rings (SSSR count). The van der Waals surface area contributed by atoms with Crippen molar-refractivity contribution in [2.45, 2.75) is 38.1 Å². The van der Waals surface area contributed by atoms with Gasteiger partial charge in [0.15, 0.2) is 0 Å². The van der Waals surface area contributed by atoms with Crippen molar-refractivity contribution in [3.05, 3.63) is 59.7 Å². The Morgan fingerprint density at radius 3 is 2.85 bits per heavy atom. The third-order valence-corrected chi connectivity index (χ3v) is 5.65. The lowest BCUT2D eigenvalue weighted by Crippen LogP contribution is -2.44. The molecule has 2 atom stereocenters. The normalized spacial score (nSPS) is 19.1. The maximum absolute atomic E-state index is 12.7. The van der Waals surface area contributed by atoms with Crippen molar-refractivity contribution >= 4 is 23.2 Å². The zero-order chi connectivity index (χ0) is 18.8. The number of nitrogens with zero attached hydrogens (tertiary/aromatic N) is 1. The molecule has 2 heterocycles. The highest BCUT2D eigenvalue weighted by Crippen LogP contribution is 2.37. The van der Waals surface area contributed by atoms with Crippen LogP contribution in [-0.4, -0.2) is 30.9 Å². The average Bonchev–Trinajstić information content (AvgIpc) is 3.19. The molecule has 1 saturated heterocycles. The summed E-state index contributed by atoms with van der Waals surface area (Å²) in [5.74, 6) is 0.218. The minimum Gasteiger partial charge on any atom is -0.358 e. The quantitative estimate of drug-likeness (QED) is 0.854. The first-order valence-corrected chi connectivity index (χ1v) is 9.72. The topological polar surface area (TPSA) is 61.4 Å². The maximum atomic E-state index is 12.7. The largest absolute Gasteiger partial charge is 0.358 e. The molecule has 0 radical (unpaired) electrons. The van der Waals surface area contributed by atoms with Gasteiger partial charge < -0.3 is 15.5 Å². The molecule has 0 spiro atoms. The van der Waals surface area contributed by atoms with Gasteiger partial charge in [0.05, 0.1) is 11.4 Å². The van der Waals surface area contributed by atoms with E-state index < -0.39 is 0 Å². The van der Waals surface area contributed by atoms with Gasteiger partial charge in [0, 0.05) is 24.6 Å². The summed E-state index contributed by atoms with van der Waals surface area (Å²) in [7, 11) is 0. The lowest BCUT2D eigenvalue weighted by molar-refractivity contribution is -0.117. The van der Waals surface area contributed by atoms with E-state index in [4.69, 9.17) is 0 Å². The standard InChI is InChI=1S/C22H25N3O2/c1-2-15(16-7-4-3-5-8-16)14-23-21(26)17-10-11-19-18(13-17)24-22(27)20-9-6-12-25(19)20/h3-5,7-8,10-11,13,15,20H,2,6,9,12,14H2,1H3,(H,23,26)(H,24,27)/t15-,20+/m1/s1. The number of amides is 2. The van der Waals surface area contributed by atoms with Crippen LogP contribution in [0, 0.1) is 0 Å². The second-order valence-electron chi connectivity index (χ2n) is 7.30. The van der Waals surface area contributed by atoms with E-state index in [1.807, 2.05) is 30.3 Å². The van der Waals surface area contributed by atoms with Crippen LogP contribution in [-0.2, 0) is 4.79 Å².